The van der Waals surface area contributed by atoms with Crippen LogP contribution in [0.25, 0.3) is 0 Å². The molecule has 0 bridgehead atoms. The smallest absolute Gasteiger partial charge is 0.408 e. The van der Waals surface area contributed by atoms with Gasteiger partial charge in [-0.05, 0) is 69.6 Å². The molecule has 0 unspecified atom stereocenters. The second kappa shape index (κ2) is 14.3. The van der Waals surface area contributed by atoms with Crippen LogP contribution in [0.1, 0.15) is 73.3 Å². The number of hydrogen-bond donors (Lipinski definition) is 3. The van der Waals surface area contributed by atoms with E-state index in [1.54, 1.807) is 37.8 Å². The Kier molecular flexibility index (Phi) is 11.7. The summed E-state index contributed by atoms with van der Waals surface area (Å²) >= 11 is 0. The third-order valence-corrected chi connectivity index (χ3v) is 6.50. The van der Waals surface area contributed by atoms with Crippen molar-refractivity contribution in [1.29, 1.82) is 0 Å². The molecule has 9 nitrogen and oxygen atoms in total. The summed E-state index contributed by atoms with van der Waals surface area (Å²) in [5.41, 5.74) is 0.0833. The molecule has 1 heterocycles. The quantitative estimate of drug-likeness (QED) is 0.412. The lowest BCUT2D eigenvalue weighted by Crippen LogP contribution is -2.54. The van der Waals surface area contributed by atoms with E-state index in [0.29, 0.717) is 32.4 Å². The summed E-state index contributed by atoms with van der Waals surface area (Å²) in [5.74, 6) is -1.35. The fourth-order valence-corrected chi connectivity index (χ4v) is 4.43. The highest BCUT2D eigenvalue weighted by Gasteiger charge is 2.34. The van der Waals surface area contributed by atoms with Crippen LogP contribution in [0.5, 0.6) is 0 Å². The first-order chi connectivity index (χ1) is 18.2. The summed E-state index contributed by atoms with van der Waals surface area (Å²) in [5, 5.41) is 8.42. The Morgan fingerprint density at radius 2 is 1.59 bits per heavy atom. The van der Waals surface area contributed by atoms with Gasteiger partial charge in [-0.2, -0.15) is 0 Å². The van der Waals surface area contributed by atoms with Gasteiger partial charge in [-0.25, -0.2) is 9.18 Å². The average molecular weight is 549 g/mol. The monoisotopic (exact) mass is 548 g/mol. The van der Waals surface area contributed by atoms with Gasteiger partial charge in [0.2, 0.25) is 17.7 Å². The number of ether oxygens (including phenoxy) is 1. The molecule has 0 radical (unpaired) electrons. The number of alkyl carbamates (subject to hydrolysis) is 1. The zero-order valence-corrected chi connectivity index (χ0v) is 24.3. The Labute approximate surface area is 231 Å². The zero-order valence-electron chi connectivity index (χ0n) is 24.3. The Hall–Kier alpha value is -3.17. The summed E-state index contributed by atoms with van der Waals surface area (Å²) in [6, 6.07) is 4.44. The number of nitrogens with one attached hydrogen (secondary N) is 3. The Balaban J connectivity index is 1.92. The minimum atomic E-state index is -0.717. The first-order valence-corrected chi connectivity index (χ1v) is 13.8. The van der Waals surface area contributed by atoms with Crippen molar-refractivity contribution in [1.82, 2.24) is 20.9 Å². The van der Waals surface area contributed by atoms with Gasteiger partial charge in [0.1, 0.15) is 23.5 Å². The molecular weight excluding hydrogens is 503 g/mol. The lowest BCUT2D eigenvalue weighted by molar-refractivity contribution is -0.138. The number of nitrogens with zero attached hydrogens (tertiary/aromatic N) is 1. The third kappa shape index (κ3) is 10.8. The highest BCUT2D eigenvalue weighted by molar-refractivity contribution is 5.89. The van der Waals surface area contributed by atoms with Gasteiger partial charge in [0.15, 0.2) is 0 Å². The predicted molar refractivity (Wildman–Crippen MR) is 147 cm³/mol. The second-order valence-corrected chi connectivity index (χ2v) is 12.0. The number of amides is 4. The molecule has 4 amide bonds. The summed E-state index contributed by atoms with van der Waals surface area (Å²) in [4.78, 5) is 53.1. The minimum Gasteiger partial charge on any atom is -0.444 e. The molecule has 0 aliphatic carbocycles. The number of carbonyl (C=O) groups excluding carboxylic acids is 4. The number of halogens is 1. The van der Waals surface area contributed by atoms with E-state index in [0.717, 1.165) is 5.56 Å². The highest BCUT2D eigenvalue weighted by Crippen LogP contribution is 2.20. The normalized spacial score (nSPS) is 16.0. The van der Waals surface area contributed by atoms with Crippen LogP contribution in [-0.4, -0.2) is 59.5 Å². The van der Waals surface area contributed by atoms with Crippen LogP contribution in [0.2, 0.25) is 0 Å². The number of likely N-dealkylation sites (tertiary alicyclic amines) is 1. The standard InChI is InChI=1S/C29H45FN4O5/c1-18(2)16-23(32-28(38)39-29(5,6)7)27(37)34-14-12-21(13-15-34)25(35)33-24(19(3)4)26(36)31-17-20-8-10-22(30)11-9-20/h8-11,18-19,21,23-24H,12-17H2,1-7H3,(H,31,36)(H,32,38)(H,33,35)/t23-,24-/m0/s1. The van der Waals surface area contributed by atoms with Gasteiger partial charge in [0, 0.05) is 25.6 Å². The molecule has 1 fully saturated rings. The van der Waals surface area contributed by atoms with Crippen molar-refractivity contribution in [2.24, 2.45) is 17.8 Å². The number of hydrogen-bond acceptors (Lipinski definition) is 5. The summed E-state index contributed by atoms with van der Waals surface area (Å²) in [6.07, 6.45) is 0.760. The van der Waals surface area contributed by atoms with Crippen molar-refractivity contribution in [2.75, 3.05) is 13.1 Å². The molecule has 1 saturated heterocycles. The van der Waals surface area contributed by atoms with Crippen molar-refractivity contribution in [2.45, 2.75) is 92.0 Å². The minimum absolute atomic E-state index is 0.139. The summed E-state index contributed by atoms with van der Waals surface area (Å²) < 4.78 is 18.5. The molecule has 2 atom stereocenters. The molecule has 3 N–H and O–H groups in total. The van der Waals surface area contributed by atoms with Crippen molar-refractivity contribution in [3.63, 3.8) is 0 Å². The van der Waals surface area contributed by atoms with Gasteiger partial charge >= 0.3 is 6.09 Å². The number of rotatable bonds is 10. The zero-order chi connectivity index (χ0) is 29.3. The molecule has 1 aromatic carbocycles. The van der Waals surface area contributed by atoms with Gasteiger partial charge < -0.3 is 25.6 Å². The molecular formula is C29H45FN4O5. The van der Waals surface area contributed by atoms with Crippen molar-refractivity contribution in [3.05, 3.63) is 35.6 Å². The molecule has 2 rings (SSSR count). The van der Waals surface area contributed by atoms with Gasteiger partial charge in [0.05, 0.1) is 0 Å². The highest BCUT2D eigenvalue weighted by atomic mass is 19.1. The van der Waals surface area contributed by atoms with Gasteiger partial charge in [0.25, 0.3) is 0 Å². The van der Waals surface area contributed by atoms with Crippen molar-refractivity contribution < 1.29 is 28.3 Å². The van der Waals surface area contributed by atoms with Crippen LogP contribution in [0.3, 0.4) is 0 Å². The molecule has 10 heteroatoms. The average Bonchev–Trinajstić information content (AvgIpc) is 2.84. The van der Waals surface area contributed by atoms with Crippen LogP contribution in [0, 0.1) is 23.6 Å². The Morgan fingerprint density at radius 1 is 1.00 bits per heavy atom. The lowest BCUT2D eigenvalue weighted by atomic mass is 9.93. The molecule has 0 saturated carbocycles. The Bertz CT molecular complexity index is 982. The van der Waals surface area contributed by atoms with E-state index < -0.39 is 23.8 Å². The van der Waals surface area contributed by atoms with E-state index in [2.05, 4.69) is 16.0 Å². The molecule has 0 aromatic heterocycles. The largest absolute Gasteiger partial charge is 0.444 e. The van der Waals surface area contributed by atoms with E-state index in [4.69, 9.17) is 4.74 Å². The lowest BCUT2D eigenvalue weighted by Gasteiger charge is -2.35. The maximum Gasteiger partial charge on any atom is 0.408 e. The Morgan fingerprint density at radius 3 is 2.10 bits per heavy atom. The maximum absolute atomic E-state index is 13.3. The number of benzene rings is 1. The summed E-state index contributed by atoms with van der Waals surface area (Å²) in [7, 11) is 0. The molecule has 39 heavy (non-hydrogen) atoms. The van der Waals surface area contributed by atoms with E-state index in [9.17, 15) is 23.6 Å². The third-order valence-electron chi connectivity index (χ3n) is 6.50. The van der Waals surface area contributed by atoms with Crippen molar-refractivity contribution >= 4 is 23.8 Å². The van der Waals surface area contributed by atoms with Gasteiger partial charge in [-0.3, -0.25) is 14.4 Å². The molecule has 1 aliphatic rings. The molecule has 1 aliphatic heterocycles. The molecule has 1 aromatic rings. The van der Waals surface area contributed by atoms with Gasteiger partial charge in [-0.1, -0.05) is 39.8 Å². The van der Waals surface area contributed by atoms with E-state index in [1.165, 1.54) is 12.1 Å². The van der Waals surface area contributed by atoms with Crippen LogP contribution in [0.15, 0.2) is 24.3 Å². The predicted octanol–water partition coefficient (Wildman–Crippen LogP) is 3.76. The second-order valence-electron chi connectivity index (χ2n) is 12.0. The summed E-state index contributed by atoms with van der Waals surface area (Å²) in [6.45, 7) is 14.0. The fourth-order valence-electron chi connectivity index (χ4n) is 4.43. The molecule has 0 spiro atoms. The van der Waals surface area contributed by atoms with Crippen molar-refractivity contribution in [3.8, 4) is 0 Å². The van der Waals surface area contributed by atoms with Crippen LogP contribution >= 0.6 is 0 Å². The first-order valence-electron chi connectivity index (χ1n) is 13.8. The first kappa shape index (κ1) is 32.0. The van der Waals surface area contributed by atoms with Crippen LogP contribution < -0.4 is 16.0 Å². The number of carbonyl (C=O) groups is 4. The van der Waals surface area contributed by atoms with Crippen LogP contribution in [-0.2, 0) is 25.7 Å². The van der Waals surface area contributed by atoms with E-state index in [1.807, 2.05) is 27.7 Å². The van der Waals surface area contributed by atoms with E-state index in [-0.39, 0.29) is 47.8 Å². The fraction of sp³-hybridized carbons (Fsp3) is 0.655. The molecule has 218 valence electrons. The SMILES string of the molecule is CC(C)C[C@H](NC(=O)OC(C)(C)C)C(=O)N1CCC(C(=O)N[C@H](C(=O)NCc2ccc(F)cc2)C(C)C)CC1. The van der Waals surface area contributed by atoms with Crippen LogP contribution in [0.4, 0.5) is 9.18 Å². The van der Waals surface area contributed by atoms with Gasteiger partial charge in [-0.15, -0.1) is 0 Å². The van der Waals surface area contributed by atoms with E-state index >= 15 is 0 Å². The topological polar surface area (TPSA) is 117 Å². The number of piperidine rings is 1. The maximum atomic E-state index is 13.3.